The molecule has 0 atom stereocenters. The summed E-state index contributed by atoms with van der Waals surface area (Å²) < 4.78 is 2.85. The van der Waals surface area contributed by atoms with E-state index in [1.54, 1.807) is 53.4 Å². The molecule has 0 saturated carbocycles. The van der Waals surface area contributed by atoms with Gasteiger partial charge in [-0.1, -0.05) is 38.4 Å². The standard InChI is InChI=1S/C24H23ClN4O3/c1-4-18-19(23(31)29(26-18)17-10-8-16(25)9-11-17)20-21(27-12-6-5-7-13-27)24(32)28(22(20)30)14-15(2)3/h5-13,15H,4,14H2,1-3H3. The van der Waals surface area contributed by atoms with Gasteiger partial charge in [0, 0.05) is 29.3 Å². The summed E-state index contributed by atoms with van der Waals surface area (Å²) in [5.41, 5.74) is 1.42. The highest BCUT2D eigenvalue weighted by molar-refractivity contribution is 6.44. The van der Waals surface area contributed by atoms with E-state index in [2.05, 4.69) is 5.10 Å². The largest absolute Gasteiger partial charge is 0.858 e. The fourth-order valence-electron chi connectivity index (χ4n) is 3.81. The first-order chi connectivity index (χ1) is 15.3. The number of carbonyl (C=O) groups excluding carboxylic acids is 2. The number of halogens is 1. The molecule has 0 N–H and O–H groups in total. The van der Waals surface area contributed by atoms with Crippen LogP contribution in [0.3, 0.4) is 0 Å². The zero-order chi connectivity index (χ0) is 23.0. The number of aryl methyl sites for hydroxylation is 1. The molecule has 0 aliphatic carbocycles. The Balaban J connectivity index is 1.96. The van der Waals surface area contributed by atoms with Gasteiger partial charge in [0.1, 0.15) is 5.57 Å². The number of imide groups is 1. The highest BCUT2D eigenvalue weighted by Crippen LogP contribution is 2.37. The lowest BCUT2D eigenvalue weighted by Crippen LogP contribution is -2.40. The molecule has 32 heavy (non-hydrogen) atoms. The highest BCUT2D eigenvalue weighted by Gasteiger charge is 2.46. The van der Waals surface area contributed by atoms with Gasteiger partial charge < -0.3 is 5.11 Å². The second kappa shape index (κ2) is 8.59. The van der Waals surface area contributed by atoms with Crippen LogP contribution in [-0.2, 0) is 16.0 Å². The van der Waals surface area contributed by atoms with Crippen molar-refractivity contribution in [1.82, 2.24) is 14.7 Å². The number of carbonyl (C=O) groups is 2. The monoisotopic (exact) mass is 450 g/mol. The first-order valence-corrected chi connectivity index (χ1v) is 10.8. The van der Waals surface area contributed by atoms with Crippen molar-refractivity contribution >= 4 is 34.7 Å². The molecule has 7 nitrogen and oxygen atoms in total. The molecule has 0 spiro atoms. The zero-order valence-corrected chi connectivity index (χ0v) is 18.8. The summed E-state index contributed by atoms with van der Waals surface area (Å²) in [5.74, 6) is -1.26. The number of amides is 2. The number of nitrogens with zero attached hydrogens (tertiary/aromatic N) is 4. The number of pyridine rings is 1. The SMILES string of the molecule is CCc1nn(-c2ccc(Cl)cc2)c([O-])c1C1=C([n+]2ccccc2)C(=O)N(CC(C)C)C1=O. The fourth-order valence-corrected chi connectivity index (χ4v) is 3.93. The third kappa shape index (κ3) is 3.69. The van der Waals surface area contributed by atoms with Gasteiger partial charge in [0.25, 0.3) is 11.6 Å². The fraction of sp³-hybridized carbons (Fsp3) is 0.250. The molecule has 0 fully saturated rings. The third-order valence-electron chi connectivity index (χ3n) is 5.24. The maximum atomic E-state index is 13.5. The summed E-state index contributed by atoms with van der Waals surface area (Å²) >= 11 is 5.98. The van der Waals surface area contributed by atoms with Gasteiger partial charge in [0.05, 0.1) is 11.4 Å². The van der Waals surface area contributed by atoms with Crippen LogP contribution in [0.15, 0.2) is 54.9 Å². The minimum atomic E-state index is -0.475. The Morgan fingerprint density at radius 1 is 1.06 bits per heavy atom. The zero-order valence-electron chi connectivity index (χ0n) is 18.1. The molecule has 4 rings (SSSR count). The smallest absolute Gasteiger partial charge is 0.326 e. The Morgan fingerprint density at radius 2 is 1.72 bits per heavy atom. The molecule has 2 amide bonds. The van der Waals surface area contributed by atoms with E-state index in [0.29, 0.717) is 22.8 Å². The molecule has 2 aromatic heterocycles. The first kappa shape index (κ1) is 21.8. The van der Waals surface area contributed by atoms with E-state index in [9.17, 15) is 14.7 Å². The maximum Gasteiger partial charge on any atom is 0.326 e. The number of hydrogen-bond acceptors (Lipinski definition) is 4. The molecule has 0 unspecified atom stereocenters. The molecule has 3 heterocycles. The topological polar surface area (TPSA) is 82.1 Å². The molecule has 1 aliphatic rings. The van der Waals surface area contributed by atoms with Gasteiger partial charge in [-0.15, -0.1) is 0 Å². The molecule has 8 heteroatoms. The quantitative estimate of drug-likeness (QED) is 0.427. The average Bonchev–Trinajstić information content (AvgIpc) is 3.23. The Bertz CT molecular complexity index is 1210. The van der Waals surface area contributed by atoms with Gasteiger partial charge >= 0.3 is 5.91 Å². The second-order valence-corrected chi connectivity index (χ2v) is 8.43. The van der Waals surface area contributed by atoms with Crippen molar-refractivity contribution in [3.8, 4) is 11.6 Å². The summed E-state index contributed by atoms with van der Waals surface area (Å²) in [5, 5.41) is 18.5. The van der Waals surface area contributed by atoms with E-state index in [-0.39, 0.29) is 29.3 Å². The molecule has 164 valence electrons. The number of hydrogen-bond donors (Lipinski definition) is 0. The van der Waals surface area contributed by atoms with Gasteiger partial charge in [-0.05, 0) is 42.5 Å². The van der Waals surface area contributed by atoms with Crippen LogP contribution in [0.1, 0.15) is 32.0 Å². The lowest BCUT2D eigenvalue weighted by Gasteiger charge is -2.17. The Labute approximate surface area is 191 Å². The van der Waals surface area contributed by atoms with Crippen LogP contribution in [0.25, 0.3) is 17.0 Å². The van der Waals surface area contributed by atoms with Crippen LogP contribution in [0.4, 0.5) is 0 Å². The van der Waals surface area contributed by atoms with Crippen molar-refractivity contribution in [2.75, 3.05) is 6.54 Å². The molecule has 1 aliphatic heterocycles. The van der Waals surface area contributed by atoms with Gasteiger partial charge in [-0.3, -0.25) is 14.5 Å². The van der Waals surface area contributed by atoms with Gasteiger partial charge in [0.2, 0.25) is 0 Å². The summed E-state index contributed by atoms with van der Waals surface area (Å²) in [7, 11) is 0. The number of rotatable bonds is 6. The van der Waals surface area contributed by atoms with Crippen LogP contribution in [0.2, 0.25) is 5.02 Å². The van der Waals surface area contributed by atoms with Crippen molar-refractivity contribution in [2.45, 2.75) is 27.2 Å². The Hall–Kier alpha value is -3.45. The predicted octanol–water partition coefficient (Wildman–Crippen LogP) is 2.84. The lowest BCUT2D eigenvalue weighted by molar-refractivity contribution is -0.576. The lowest BCUT2D eigenvalue weighted by atomic mass is 10.0. The predicted molar refractivity (Wildman–Crippen MR) is 119 cm³/mol. The molecule has 0 bridgehead atoms. The van der Waals surface area contributed by atoms with Crippen molar-refractivity contribution in [1.29, 1.82) is 0 Å². The highest BCUT2D eigenvalue weighted by atomic mass is 35.5. The summed E-state index contributed by atoms with van der Waals surface area (Å²) in [6, 6.07) is 12.1. The van der Waals surface area contributed by atoms with Gasteiger partial charge in [0.15, 0.2) is 12.4 Å². The van der Waals surface area contributed by atoms with Gasteiger partial charge in [-0.25, -0.2) is 4.68 Å². The van der Waals surface area contributed by atoms with Crippen molar-refractivity contribution < 1.29 is 19.3 Å². The maximum absolute atomic E-state index is 13.5. The van der Waals surface area contributed by atoms with E-state index in [0.717, 1.165) is 0 Å². The number of benzene rings is 1. The molecule has 0 saturated heterocycles. The minimum absolute atomic E-state index is 0.0819. The van der Waals surface area contributed by atoms with Crippen molar-refractivity contribution in [3.63, 3.8) is 0 Å². The van der Waals surface area contributed by atoms with E-state index < -0.39 is 17.7 Å². The molecule has 1 aromatic carbocycles. The minimum Gasteiger partial charge on any atom is -0.858 e. The van der Waals surface area contributed by atoms with Crippen LogP contribution >= 0.6 is 11.6 Å². The summed E-state index contributed by atoms with van der Waals surface area (Å²) in [6.07, 6.45) is 3.81. The van der Waals surface area contributed by atoms with E-state index >= 15 is 0 Å². The van der Waals surface area contributed by atoms with Crippen molar-refractivity contribution in [3.05, 3.63) is 71.1 Å². The van der Waals surface area contributed by atoms with Crippen LogP contribution in [0, 0.1) is 5.92 Å². The van der Waals surface area contributed by atoms with E-state index in [4.69, 9.17) is 11.6 Å². The van der Waals surface area contributed by atoms with E-state index in [1.807, 2.05) is 26.8 Å². The molecule has 3 aromatic rings. The molecular weight excluding hydrogens is 428 g/mol. The van der Waals surface area contributed by atoms with Crippen LogP contribution in [-0.4, -0.2) is 33.0 Å². The Kier molecular flexibility index (Phi) is 5.84. The van der Waals surface area contributed by atoms with E-state index in [1.165, 1.54) is 9.58 Å². The normalized spacial score (nSPS) is 14.2. The number of aromatic nitrogens is 3. The molecular formula is C24H23ClN4O3. The Morgan fingerprint density at radius 3 is 2.31 bits per heavy atom. The summed E-state index contributed by atoms with van der Waals surface area (Å²) in [4.78, 5) is 28.0. The van der Waals surface area contributed by atoms with Gasteiger partial charge in [-0.2, -0.15) is 9.67 Å². The van der Waals surface area contributed by atoms with Crippen molar-refractivity contribution in [2.24, 2.45) is 5.92 Å². The first-order valence-electron chi connectivity index (χ1n) is 10.5. The van der Waals surface area contributed by atoms with Crippen LogP contribution in [0.5, 0.6) is 5.88 Å². The molecule has 0 radical (unpaired) electrons. The summed E-state index contributed by atoms with van der Waals surface area (Å²) in [6.45, 7) is 5.99. The third-order valence-corrected chi connectivity index (χ3v) is 5.49. The second-order valence-electron chi connectivity index (χ2n) is 7.99. The average molecular weight is 451 g/mol. The van der Waals surface area contributed by atoms with Crippen LogP contribution < -0.4 is 9.67 Å².